The van der Waals surface area contributed by atoms with Gasteiger partial charge in [-0.05, 0) is 50.3 Å². The predicted molar refractivity (Wildman–Crippen MR) is 111 cm³/mol. The lowest BCUT2D eigenvalue weighted by molar-refractivity contribution is -0.125. The number of esters is 1. The molecule has 1 aliphatic rings. The molecule has 0 saturated heterocycles. The molecule has 29 heavy (non-hydrogen) atoms. The average Bonchev–Trinajstić information content (AvgIpc) is 2.70. The SMILES string of the molecule is CCn1c(=O)c(C)nc2cc(C(=O)OCC(=O)N[C@@H]3CCC[C@H](C)[C@@H]3C)ccc21. The Morgan fingerprint density at radius 1 is 1.28 bits per heavy atom. The van der Waals surface area contributed by atoms with E-state index in [1.807, 2.05) is 6.92 Å². The Morgan fingerprint density at radius 3 is 2.76 bits per heavy atom. The first-order chi connectivity index (χ1) is 13.8. The summed E-state index contributed by atoms with van der Waals surface area (Å²) in [7, 11) is 0. The predicted octanol–water partition coefficient (Wildman–Crippen LogP) is 2.82. The van der Waals surface area contributed by atoms with Crippen LogP contribution < -0.4 is 10.9 Å². The summed E-state index contributed by atoms with van der Waals surface area (Å²) in [5.74, 6) is 0.125. The van der Waals surface area contributed by atoms with Crippen molar-refractivity contribution < 1.29 is 14.3 Å². The summed E-state index contributed by atoms with van der Waals surface area (Å²) in [5, 5.41) is 3.00. The molecular weight excluding hydrogens is 370 g/mol. The lowest BCUT2D eigenvalue weighted by atomic mass is 9.78. The maximum Gasteiger partial charge on any atom is 0.338 e. The van der Waals surface area contributed by atoms with Gasteiger partial charge in [0.05, 0.1) is 16.6 Å². The molecule has 0 radical (unpaired) electrons. The van der Waals surface area contributed by atoms with Gasteiger partial charge < -0.3 is 14.6 Å². The quantitative estimate of drug-likeness (QED) is 0.781. The summed E-state index contributed by atoms with van der Waals surface area (Å²) in [6, 6.07) is 5.01. The minimum Gasteiger partial charge on any atom is -0.452 e. The van der Waals surface area contributed by atoms with Crippen molar-refractivity contribution in [3.05, 3.63) is 39.8 Å². The summed E-state index contributed by atoms with van der Waals surface area (Å²) in [4.78, 5) is 41.1. The number of carbonyl (C=O) groups is 2. The molecule has 0 spiro atoms. The molecule has 1 saturated carbocycles. The molecule has 7 nitrogen and oxygen atoms in total. The normalized spacial score (nSPS) is 21.7. The fraction of sp³-hybridized carbons (Fsp3) is 0.545. The number of aryl methyl sites for hydroxylation is 2. The van der Waals surface area contributed by atoms with Crippen molar-refractivity contribution in [1.29, 1.82) is 0 Å². The molecule has 0 unspecified atom stereocenters. The fourth-order valence-corrected chi connectivity index (χ4v) is 4.06. The second-order valence-corrected chi connectivity index (χ2v) is 7.97. The number of aromatic nitrogens is 2. The van der Waals surface area contributed by atoms with Crippen LogP contribution in [-0.2, 0) is 16.1 Å². The minimum atomic E-state index is -0.583. The third-order valence-electron chi connectivity index (χ3n) is 6.05. The number of hydrogen-bond acceptors (Lipinski definition) is 5. The number of ether oxygens (including phenoxy) is 1. The Kier molecular flexibility index (Phi) is 6.35. The molecule has 2 aromatic rings. The second-order valence-electron chi connectivity index (χ2n) is 7.97. The molecule has 0 bridgehead atoms. The van der Waals surface area contributed by atoms with E-state index in [0.717, 1.165) is 12.8 Å². The topological polar surface area (TPSA) is 90.3 Å². The van der Waals surface area contributed by atoms with Gasteiger partial charge in [-0.1, -0.05) is 26.7 Å². The van der Waals surface area contributed by atoms with Crippen LogP contribution in [0.5, 0.6) is 0 Å². The molecule has 3 atom stereocenters. The summed E-state index contributed by atoms with van der Waals surface area (Å²) in [5.41, 5.74) is 1.75. The summed E-state index contributed by atoms with van der Waals surface area (Å²) >= 11 is 0. The standard InChI is InChI=1S/C22H29N3O4/c1-5-25-19-10-9-16(11-18(19)23-15(4)21(25)27)22(28)29-12-20(26)24-17-8-6-7-13(2)14(17)3/h9-11,13-14,17H,5-8,12H2,1-4H3,(H,24,26)/t13-,14-,17+/m0/s1. The first-order valence-corrected chi connectivity index (χ1v) is 10.3. The molecule has 7 heteroatoms. The van der Waals surface area contributed by atoms with E-state index >= 15 is 0 Å². The zero-order valence-corrected chi connectivity index (χ0v) is 17.5. The van der Waals surface area contributed by atoms with Gasteiger partial charge in [0.2, 0.25) is 0 Å². The van der Waals surface area contributed by atoms with E-state index in [1.54, 1.807) is 29.7 Å². The first kappa shape index (κ1) is 21.0. The zero-order chi connectivity index (χ0) is 21.1. The van der Waals surface area contributed by atoms with Crippen LogP contribution in [0.3, 0.4) is 0 Å². The fourth-order valence-electron chi connectivity index (χ4n) is 4.06. The smallest absolute Gasteiger partial charge is 0.338 e. The number of nitrogens with zero attached hydrogens (tertiary/aromatic N) is 2. The van der Waals surface area contributed by atoms with Gasteiger partial charge in [-0.15, -0.1) is 0 Å². The maximum atomic E-state index is 12.4. The lowest BCUT2D eigenvalue weighted by Gasteiger charge is -2.34. The van der Waals surface area contributed by atoms with Crippen molar-refractivity contribution in [2.75, 3.05) is 6.61 Å². The van der Waals surface area contributed by atoms with Crippen LogP contribution in [0.2, 0.25) is 0 Å². The van der Waals surface area contributed by atoms with Gasteiger partial charge in [0, 0.05) is 12.6 Å². The highest BCUT2D eigenvalue weighted by Gasteiger charge is 2.28. The van der Waals surface area contributed by atoms with E-state index in [-0.39, 0.29) is 24.1 Å². The highest BCUT2D eigenvalue weighted by Crippen LogP contribution is 2.29. The van der Waals surface area contributed by atoms with Crippen molar-refractivity contribution in [3.8, 4) is 0 Å². The highest BCUT2D eigenvalue weighted by molar-refractivity contribution is 5.94. The number of nitrogens with one attached hydrogen (secondary N) is 1. The van der Waals surface area contributed by atoms with Crippen LogP contribution in [0.25, 0.3) is 11.0 Å². The van der Waals surface area contributed by atoms with Gasteiger partial charge in [-0.25, -0.2) is 9.78 Å². The van der Waals surface area contributed by atoms with E-state index in [2.05, 4.69) is 24.1 Å². The van der Waals surface area contributed by atoms with Crippen molar-refractivity contribution >= 4 is 22.9 Å². The van der Waals surface area contributed by atoms with Crippen LogP contribution >= 0.6 is 0 Å². The van der Waals surface area contributed by atoms with E-state index < -0.39 is 5.97 Å². The van der Waals surface area contributed by atoms with Crippen LogP contribution in [0, 0.1) is 18.8 Å². The molecule has 1 fully saturated rings. The first-order valence-electron chi connectivity index (χ1n) is 10.3. The molecule has 3 rings (SSSR count). The lowest BCUT2D eigenvalue weighted by Crippen LogP contribution is -2.45. The van der Waals surface area contributed by atoms with Crippen molar-refractivity contribution in [3.63, 3.8) is 0 Å². The average molecular weight is 399 g/mol. The van der Waals surface area contributed by atoms with E-state index in [4.69, 9.17) is 4.74 Å². The van der Waals surface area contributed by atoms with Gasteiger partial charge in [0.1, 0.15) is 5.69 Å². The Hall–Kier alpha value is -2.70. The Bertz CT molecular complexity index is 982. The number of rotatable bonds is 5. The van der Waals surface area contributed by atoms with Crippen LogP contribution in [0.1, 0.15) is 56.1 Å². The molecule has 1 heterocycles. The van der Waals surface area contributed by atoms with Crippen LogP contribution in [0.4, 0.5) is 0 Å². The Labute approximate surface area is 170 Å². The molecule has 156 valence electrons. The van der Waals surface area contributed by atoms with Gasteiger partial charge in [0.25, 0.3) is 11.5 Å². The third kappa shape index (κ3) is 4.49. The molecular formula is C22H29N3O4. The summed E-state index contributed by atoms with van der Waals surface area (Å²) in [6.07, 6.45) is 3.24. The molecule has 1 N–H and O–H groups in total. The van der Waals surface area contributed by atoms with Crippen molar-refractivity contribution in [1.82, 2.24) is 14.9 Å². The van der Waals surface area contributed by atoms with Gasteiger partial charge in [0.15, 0.2) is 6.61 Å². The van der Waals surface area contributed by atoms with Gasteiger partial charge >= 0.3 is 5.97 Å². The van der Waals surface area contributed by atoms with E-state index in [9.17, 15) is 14.4 Å². The third-order valence-corrected chi connectivity index (χ3v) is 6.05. The highest BCUT2D eigenvalue weighted by atomic mass is 16.5. The number of benzene rings is 1. The molecule has 1 aromatic carbocycles. The van der Waals surface area contributed by atoms with Crippen molar-refractivity contribution in [2.45, 2.75) is 59.5 Å². The Morgan fingerprint density at radius 2 is 2.03 bits per heavy atom. The molecule has 1 aliphatic carbocycles. The summed E-state index contributed by atoms with van der Waals surface area (Å²) in [6.45, 7) is 8.10. The molecule has 1 aromatic heterocycles. The van der Waals surface area contributed by atoms with Crippen LogP contribution in [-0.4, -0.2) is 34.1 Å². The number of fused-ring (bicyclic) bond motifs is 1. The monoisotopic (exact) mass is 399 g/mol. The minimum absolute atomic E-state index is 0.128. The van der Waals surface area contributed by atoms with Crippen molar-refractivity contribution in [2.24, 2.45) is 11.8 Å². The number of hydrogen-bond donors (Lipinski definition) is 1. The largest absolute Gasteiger partial charge is 0.452 e. The number of carbonyl (C=O) groups excluding carboxylic acids is 2. The molecule has 1 amide bonds. The summed E-state index contributed by atoms with van der Waals surface area (Å²) < 4.78 is 6.82. The zero-order valence-electron chi connectivity index (χ0n) is 17.5. The van der Waals surface area contributed by atoms with Gasteiger partial charge in [-0.2, -0.15) is 0 Å². The second kappa shape index (κ2) is 8.76. The maximum absolute atomic E-state index is 12.4. The van der Waals surface area contributed by atoms with E-state index in [0.29, 0.717) is 40.7 Å². The number of amides is 1. The Balaban J connectivity index is 1.66. The van der Waals surface area contributed by atoms with Crippen LogP contribution in [0.15, 0.2) is 23.0 Å². The molecule has 0 aliphatic heterocycles. The van der Waals surface area contributed by atoms with Gasteiger partial charge in [-0.3, -0.25) is 9.59 Å². The van der Waals surface area contributed by atoms with E-state index in [1.165, 1.54) is 6.42 Å².